The molecule has 0 saturated carbocycles. The fourth-order valence-corrected chi connectivity index (χ4v) is 5.18. The molecule has 1 aromatic carbocycles. The first-order valence-corrected chi connectivity index (χ1v) is 12.8. The van der Waals surface area contributed by atoms with Crippen LogP contribution < -0.4 is 15.6 Å². The molecule has 0 aliphatic carbocycles. The highest BCUT2D eigenvalue weighted by atomic mass is 32.2. The van der Waals surface area contributed by atoms with Crippen LogP contribution in [0.25, 0.3) is 20.4 Å². The summed E-state index contributed by atoms with van der Waals surface area (Å²) in [6.07, 6.45) is 3.53. The van der Waals surface area contributed by atoms with E-state index in [1.165, 1.54) is 23.1 Å². The van der Waals surface area contributed by atoms with Crippen molar-refractivity contribution in [1.82, 2.24) is 19.9 Å². The van der Waals surface area contributed by atoms with E-state index < -0.39 is 0 Å². The minimum Gasteiger partial charge on any atom is -0.494 e. The van der Waals surface area contributed by atoms with E-state index in [-0.39, 0.29) is 17.2 Å². The summed E-state index contributed by atoms with van der Waals surface area (Å²) in [5.74, 6) is 0.929. The van der Waals surface area contributed by atoms with Gasteiger partial charge < -0.3 is 10.1 Å². The summed E-state index contributed by atoms with van der Waals surface area (Å²) < 4.78 is 7.89. The lowest BCUT2D eigenvalue weighted by atomic mass is 10.2. The number of rotatable bonds is 10. The molecular weight excluding hydrogens is 456 g/mol. The maximum atomic E-state index is 13.5. The predicted octanol–water partition coefficient (Wildman–Crippen LogP) is 4.46. The van der Waals surface area contributed by atoms with Gasteiger partial charge in [-0.25, -0.2) is 9.97 Å². The normalized spacial score (nSPS) is 11.2. The van der Waals surface area contributed by atoms with Crippen LogP contribution in [0, 0.1) is 0 Å². The van der Waals surface area contributed by atoms with Crippen LogP contribution in [0.4, 0.5) is 0 Å². The van der Waals surface area contributed by atoms with Crippen molar-refractivity contribution in [3.8, 4) is 5.75 Å². The van der Waals surface area contributed by atoms with E-state index in [4.69, 9.17) is 9.72 Å². The first kappa shape index (κ1) is 23.3. The minimum absolute atomic E-state index is 0.0722. The molecule has 0 bridgehead atoms. The largest absolute Gasteiger partial charge is 0.494 e. The van der Waals surface area contributed by atoms with Gasteiger partial charge >= 0.3 is 0 Å². The number of carbonyl (C=O) groups is 1. The van der Waals surface area contributed by atoms with Gasteiger partial charge in [-0.1, -0.05) is 37.7 Å². The van der Waals surface area contributed by atoms with Gasteiger partial charge in [-0.05, 0) is 42.7 Å². The summed E-state index contributed by atoms with van der Waals surface area (Å²) in [5, 5.41) is 4.25. The van der Waals surface area contributed by atoms with Crippen molar-refractivity contribution in [2.24, 2.45) is 0 Å². The monoisotopic (exact) mass is 482 g/mol. The number of amides is 1. The van der Waals surface area contributed by atoms with Crippen molar-refractivity contribution in [2.75, 3.05) is 18.9 Å². The zero-order valence-corrected chi connectivity index (χ0v) is 20.3. The number of fused-ring (bicyclic) bond motifs is 3. The first-order chi connectivity index (χ1) is 16.1. The van der Waals surface area contributed by atoms with Crippen LogP contribution in [0.1, 0.15) is 32.3 Å². The molecule has 7 nitrogen and oxygen atoms in total. The van der Waals surface area contributed by atoms with Crippen LogP contribution in [-0.4, -0.2) is 39.3 Å². The highest BCUT2D eigenvalue weighted by Gasteiger charge is 2.18. The van der Waals surface area contributed by atoms with E-state index in [0.29, 0.717) is 35.1 Å². The molecular formula is C24H26N4O3S2. The highest BCUT2D eigenvalue weighted by molar-refractivity contribution is 7.99. The molecule has 0 spiro atoms. The fourth-order valence-electron chi connectivity index (χ4n) is 3.33. The number of nitrogens with one attached hydrogen (secondary N) is 1. The number of hydrogen-bond acceptors (Lipinski definition) is 7. The second-order valence-corrected chi connectivity index (χ2v) is 9.49. The predicted molar refractivity (Wildman–Crippen MR) is 135 cm³/mol. The topological polar surface area (TPSA) is 86.1 Å². The van der Waals surface area contributed by atoms with Gasteiger partial charge in [-0.15, -0.1) is 11.3 Å². The summed E-state index contributed by atoms with van der Waals surface area (Å²) >= 11 is 2.63. The Morgan fingerprint density at radius 1 is 1.18 bits per heavy atom. The summed E-state index contributed by atoms with van der Waals surface area (Å²) in [6, 6.07) is 11.5. The molecule has 1 N–H and O–H groups in total. The van der Waals surface area contributed by atoms with E-state index in [1.807, 2.05) is 43.3 Å². The van der Waals surface area contributed by atoms with Gasteiger partial charge in [0.2, 0.25) is 5.91 Å². The number of pyridine rings is 1. The molecule has 3 heterocycles. The van der Waals surface area contributed by atoms with Crippen molar-refractivity contribution >= 4 is 49.4 Å². The maximum absolute atomic E-state index is 13.5. The average Bonchev–Trinajstić information content (AvgIpc) is 3.21. The molecule has 0 atom stereocenters. The number of carbonyl (C=O) groups excluding carboxylic acids is 1. The molecule has 0 saturated heterocycles. The zero-order chi connectivity index (χ0) is 23.2. The number of benzene rings is 1. The van der Waals surface area contributed by atoms with Crippen LogP contribution in [0.15, 0.2) is 52.5 Å². The van der Waals surface area contributed by atoms with Crippen molar-refractivity contribution in [3.05, 3.63) is 58.5 Å². The molecule has 9 heteroatoms. The highest BCUT2D eigenvalue weighted by Crippen LogP contribution is 2.30. The van der Waals surface area contributed by atoms with Gasteiger partial charge in [0.15, 0.2) is 5.16 Å². The standard InChI is InChI=1S/C24H26N4O3S2/c1-3-11-25-19(29)15-32-24-27-20-18-6-5-12-26-22(18)33-21(20)23(30)28(24)14-16-7-9-17(10-8-16)31-13-4-2/h5-10,12H,3-4,11,13-15H2,1-2H3,(H,25,29). The number of nitrogens with zero attached hydrogens (tertiary/aromatic N) is 3. The Hall–Kier alpha value is -2.91. The smallest absolute Gasteiger partial charge is 0.272 e. The van der Waals surface area contributed by atoms with Gasteiger partial charge in [-0.2, -0.15) is 0 Å². The minimum atomic E-state index is -0.120. The van der Waals surface area contributed by atoms with E-state index in [9.17, 15) is 9.59 Å². The molecule has 0 fully saturated rings. The summed E-state index contributed by atoms with van der Waals surface area (Å²) in [6.45, 7) is 5.73. The Morgan fingerprint density at radius 2 is 2.00 bits per heavy atom. The summed E-state index contributed by atoms with van der Waals surface area (Å²) in [5.41, 5.74) is 1.48. The molecule has 172 valence electrons. The first-order valence-electron chi connectivity index (χ1n) is 11.0. The van der Waals surface area contributed by atoms with Crippen LogP contribution in [0.3, 0.4) is 0 Å². The molecule has 1 amide bonds. The third-order valence-electron chi connectivity index (χ3n) is 4.96. The Bertz CT molecular complexity index is 1320. The summed E-state index contributed by atoms with van der Waals surface area (Å²) in [4.78, 5) is 35.7. The Morgan fingerprint density at radius 3 is 2.76 bits per heavy atom. The van der Waals surface area contributed by atoms with Gasteiger partial charge in [0.1, 0.15) is 15.3 Å². The molecule has 0 unspecified atom stereocenters. The number of thioether (sulfide) groups is 1. The van der Waals surface area contributed by atoms with Gasteiger partial charge in [0.05, 0.1) is 24.4 Å². The lowest BCUT2D eigenvalue weighted by molar-refractivity contribution is -0.118. The third kappa shape index (κ3) is 5.36. The van der Waals surface area contributed by atoms with Crippen LogP contribution in [0.5, 0.6) is 5.75 Å². The molecule has 4 aromatic rings. The van der Waals surface area contributed by atoms with Crippen LogP contribution in [-0.2, 0) is 11.3 Å². The molecule has 0 aliphatic heterocycles. The summed E-state index contributed by atoms with van der Waals surface area (Å²) in [7, 11) is 0. The van der Waals surface area contributed by atoms with Gasteiger partial charge in [0, 0.05) is 18.1 Å². The average molecular weight is 483 g/mol. The third-order valence-corrected chi connectivity index (χ3v) is 7.03. The van der Waals surface area contributed by atoms with Crippen molar-refractivity contribution in [1.29, 1.82) is 0 Å². The van der Waals surface area contributed by atoms with E-state index in [1.54, 1.807) is 10.8 Å². The number of aromatic nitrogens is 3. The Balaban J connectivity index is 1.70. The van der Waals surface area contributed by atoms with Crippen molar-refractivity contribution in [3.63, 3.8) is 0 Å². The lowest BCUT2D eigenvalue weighted by Gasteiger charge is -2.13. The SMILES string of the molecule is CCCNC(=O)CSc1nc2c(sc3ncccc32)c(=O)n1Cc1ccc(OCCC)cc1. The van der Waals surface area contributed by atoms with Crippen LogP contribution in [0.2, 0.25) is 0 Å². The van der Waals surface area contributed by atoms with E-state index in [0.717, 1.165) is 34.4 Å². The van der Waals surface area contributed by atoms with Crippen molar-refractivity contribution in [2.45, 2.75) is 38.4 Å². The second kappa shape index (κ2) is 10.8. The zero-order valence-electron chi connectivity index (χ0n) is 18.7. The quantitative estimate of drug-likeness (QED) is 0.265. The van der Waals surface area contributed by atoms with E-state index in [2.05, 4.69) is 17.2 Å². The second-order valence-electron chi connectivity index (χ2n) is 7.55. The molecule has 33 heavy (non-hydrogen) atoms. The number of thiophene rings is 1. The van der Waals surface area contributed by atoms with Gasteiger partial charge in [-0.3, -0.25) is 14.2 Å². The van der Waals surface area contributed by atoms with E-state index >= 15 is 0 Å². The lowest BCUT2D eigenvalue weighted by Crippen LogP contribution is -2.27. The Labute approximate surface area is 200 Å². The fraction of sp³-hybridized carbons (Fsp3) is 0.333. The van der Waals surface area contributed by atoms with Crippen LogP contribution >= 0.6 is 23.1 Å². The number of ether oxygens (including phenoxy) is 1. The van der Waals surface area contributed by atoms with Gasteiger partial charge in [0.25, 0.3) is 5.56 Å². The maximum Gasteiger partial charge on any atom is 0.272 e. The molecule has 0 radical (unpaired) electrons. The molecule has 3 aromatic heterocycles. The van der Waals surface area contributed by atoms with Crippen molar-refractivity contribution < 1.29 is 9.53 Å². The molecule has 0 aliphatic rings. The number of hydrogen-bond donors (Lipinski definition) is 1. The molecule has 4 rings (SSSR count). The Kier molecular flexibility index (Phi) is 7.61.